The van der Waals surface area contributed by atoms with Gasteiger partial charge in [-0.1, -0.05) is 30.0 Å². The molecule has 1 aromatic carbocycles. The molecule has 0 unspecified atom stereocenters. The Kier molecular flexibility index (Phi) is 3.66. The summed E-state index contributed by atoms with van der Waals surface area (Å²) in [5, 5.41) is 0.973. The quantitative estimate of drug-likeness (QED) is 0.813. The summed E-state index contributed by atoms with van der Waals surface area (Å²) in [5.41, 5.74) is 2.37. The van der Waals surface area contributed by atoms with Gasteiger partial charge in [0.2, 0.25) is 5.91 Å². The van der Waals surface area contributed by atoms with Gasteiger partial charge in [0.05, 0.1) is 5.75 Å². The van der Waals surface area contributed by atoms with Crippen LogP contribution in [0.1, 0.15) is 30.9 Å². The molecule has 2 aliphatic rings. The molecule has 2 aromatic rings. The van der Waals surface area contributed by atoms with E-state index in [1.54, 1.807) is 11.8 Å². The van der Waals surface area contributed by atoms with Crippen molar-refractivity contribution in [3.05, 3.63) is 42.2 Å². The first kappa shape index (κ1) is 13.9. The molecule has 0 atom stereocenters. The Morgan fingerprint density at radius 2 is 2.18 bits per heavy atom. The Bertz CT molecular complexity index is 693. The highest BCUT2D eigenvalue weighted by molar-refractivity contribution is 7.99. The number of carbonyl (C=O) groups excluding carboxylic acids is 1. The monoisotopic (exact) mass is 313 g/mol. The standard InChI is InChI=1S/C17H19N3OS/c21-16(12-22-17-18-9-11-19(17)14-7-8-14)20-10-3-5-13-4-1-2-6-15(13)20/h1-2,4,6,9,11,14H,3,5,7-8,10,12H2. The zero-order chi connectivity index (χ0) is 14.9. The summed E-state index contributed by atoms with van der Waals surface area (Å²) in [7, 11) is 0. The molecule has 1 aliphatic heterocycles. The maximum absolute atomic E-state index is 12.6. The average Bonchev–Trinajstić information content (AvgIpc) is 3.30. The lowest BCUT2D eigenvalue weighted by Crippen LogP contribution is -2.36. The van der Waals surface area contributed by atoms with Crippen molar-refractivity contribution in [3.8, 4) is 0 Å². The van der Waals surface area contributed by atoms with Gasteiger partial charge in [0.1, 0.15) is 0 Å². The molecule has 0 spiro atoms. The minimum atomic E-state index is 0.183. The summed E-state index contributed by atoms with van der Waals surface area (Å²) < 4.78 is 2.21. The number of carbonyl (C=O) groups is 1. The molecule has 1 aliphatic carbocycles. The van der Waals surface area contributed by atoms with Crippen LogP contribution in [0.4, 0.5) is 5.69 Å². The Morgan fingerprint density at radius 1 is 1.32 bits per heavy atom. The molecule has 4 nitrogen and oxygen atoms in total. The lowest BCUT2D eigenvalue weighted by Gasteiger charge is -2.29. The number of aryl methyl sites for hydroxylation is 1. The van der Waals surface area contributed by atoms with E-state index in [0.29, 0.717) is 11.8 Å². The van der Waals surface area contributed by atoms with Crippen molar-refractivity contribution in [2.45, 2.75) is 36.9 Å². The van der Waals surface area contributed by atoms with Gasteiger partial charge < -0.3 is 9.47 Å². The first-order valence-electron chi connectivity index (χ1n) is 7.87. The Balaban J connectivity index is 1.45. The lowest BCUT2D eigenvalue weighted by molar-refractivity contribution is -0.116. The normalized spacial score (nSPS) is 17.4. The number of benzene rings is 1. The lowest BCUT2D eigenvalue weighted by atomic mass is 10.0. The number of nitrogens with zero attached hydrogens (tertiary/aromatic N) is 3. The summed E-state index contributed by atoms with van der Waals surface area (Å²) in [6.45, 7) is 0.827. The average molecular weight is 313 g/mol. The van der Waals surface area contributed by atoms with Crippen LogP contribution in [0.25, 0.3) is 0 Å². The van der Waals surface area contributed by atoms with Crippen molar-refractivity contribution in [1.29, 1.82) is 0 Å². The maximum Gasteiger partial charge on any atom is 0.237 e. The van der Waals surface area contributed by atoms with Gasteiger partial charge in [0.15, 0.2) is 5.16 Å². The van der Waals surface area contributed by atoms with Crippen LogP contribution in [-0.2, 0) is 11.2 Å². The summed E-state index contributed by atoms with van der Waals surface area (Å²) in [4.78, 5) is 19.0. The zero-order valence-electron chi connectivity index (χ0n) is 12.4. The molecule has 1 aromatic heterocycles. The van der Waals surface area contributed by atoms with E-state index in [1.165, 1.54) is 18.4 Å². The fraction of sp³-hybridized carbons (Fsp3) is 0.412. The first-order chi connectivity index (χ1) is 10.8. The summed E-state index contributed by atoms with van der Waals surface area (Å²) in [6, 6.07) is 8.85. The van der Waals surface area contributed by atoms with Crippen LogP contribution in [-0.4, -0.2) is 27.8 Å². The number of aromatic nitrogens is 2. The Hall–Kier alpha value is -1.75. The molecule has 1 saturated carbocycles. The second-order valence-electron chi connectivity index (χ2n) is 5.91. The van der Waals surface area contributed by atoms with Crippen LogP contribution >= 0.6 is 11.8 Å². The van der Waals surface area contributed by atoms with Gasteiger partial charge in [0, 0.05) is 30.7 Å². The zero-order valence-corrected chi connectivity index (χ0v) is 13.3. The van der Waals surface area contributed by atoms with Crippen LogP contribution in [0.5, 0.6) is 0 Å². The van der Waals surface area contributed by atoms with E-state index in [-0.39, 0.29) is 5.91 Å². The summed E-state index contributed by atoms with van der Waals surface area (Å²) in [5.74, 6) is 0.639. The molecular weight excluding hydrogens is 294 g/mol. The number of anilines is 1. The van der Waals surface area contributed by atoms with Crippen molar-refractivity contribution in [3.63, 3.8) is 0 Å². The van der Waals surface area contributed by atoms with Crippen LogP contribution in [0.2, 0.25) is 0 Å². The number of hydrogen-bond acceptors (Lipinski definition) is 3. The molecule has 5 heteroatoms. The van der Waals surface area contributed by atoms with Crippen LogP contribution < -0.4 is 4.90 Å². The van der Waals surface area contributed by atoms with Crippen LogP contribution in [0, 0.1) is 0 Å². The Labute approximate surface area is 134 Å². The molecule has 0 N–H and O–H groups in total. The SMILES string of the molecule is O=C(CSc1nccn1C1CC1)N1CCCc2ccccc21. The van der Waals surface area contributed by atoms with E-state index in [1.807, 2.05) is 29.4 Å². The molecule has 4 rings (SSSR count). The number of thioether (sulfide) groups is 1. The smallest absolute Gasteiger partial charge is 0.237 e. The molecule has 2 heterocycles. The predicted octanol–water partition coefficient (Wildman–Crippen LogP) is 3.29. The van der Waals surface area contributed by atoms with Gasteiger partial charge in [-0.25, -0.2) is 4.98 Å². The number of hydrogen-bond donors (Lipinski definition) is 0. The number of fused-ring (bicyclic) bond motifs is 1. The van der Waals surface area contributed by atoms with Crippen molar-refractivity contribution in [1.82, 2.24) is 9.55 Å². The third-order valence-corrected chi connectivity index (χ3v) is 5.28. The van der Waals surface area contributed by atoms with Crippen molar-refractivity contribution in [2.75, 3.05) is 17.2 Å². The molecule has 1 fully saturated rings. The minimum Gasteiger partial charge on any atom is -0.323 e. The van der Waals surface area contributed by atoms with Crippen LogP contribution in [0.3, 0.4) is 0 Å². The van der Waals surface area contributed by atoms with Gasteiger partial charge in [0.25, 0.3) is 0 Å². The molecule has 22 heavy (non-hydrogen) atoms. The second-order valence-corrected chi connectivity index (χ2v) is 6.86. The molecular formula is C17H19N3OS. The Morgan fingerprint density at radius 3 is 3.05 bits per heavy atom. The minimum absolute atomic E-state index is 0.183. The third-order valence-electron chi connectivity index (χ3n) is 4.31. The van der Waals surface area contributed by atoms with Crippen molar-refractivity contribution in [2.24, 2.45) is 0 Å². The molecule has 1 amide bonds. The van der Waals surface area contributed by atoms with Gasteiger partial charge in [-0.2, -0.15) is 0 Å². The van der Waals surface area contributed by atoms with Crippen molar-refractivity contribution >= 4 is 23.4 Å². The van der Waals surface area contributed by atoms with Crippen LogP contribution in [0.15, 0.2) is 41.8 Å². The van der Waals surface area contributed by atoms with E-state index in [4.69, 9.17) is 0 Å². The highest BCUT2D eigenvalue weighted by Gasteiger charge is 2.27. The van der Waals surface area contributed by atoms with Gasteiger partial charge in [-0.15, -0.1) is 0 Å². The van der Waals surface area contributed by atoms with E-state index >= 15 is 0 Å². The molecule has 0 bridgehead atoms. The maximum atomic E-state index is 12.6. The van der Waals surface area contributed by atoms with Crippen molar-refractivity contribution < 1.29 is 4.79 Å². The van der Waals surface area contributed by atoms with E-state index in [9.17, 15) is 4.79 Å². The summed E-state index contributed by atoms with van der Waals surface area (Å²) in [6.07, 6.45) is 8.44. The number of imidazole rings is 1. The van der Waals surface area contributed by atoms with Gasteiger partial charge >= 0.3 is 0 Å². The largest absolute Gasteiger partial charge is 0.323 e. The number of rotatable bonds is 4. The highest BCUT2D eigenvalue weighted by Crippen LogP contribution is 2.37. The molecule has 0 saturated heterocycles. The molecule has 114 valence electrons. The third kappa shape index (κ3) is 2.65. The van der Waals surface area contributed by atoms with Gasteiger partial charge in [-0.05, 0) is 37.3 Å². The van der Waals surface area contributed by atoms with E-state index in [0.717, 1.165) is 30.2 Å². The number of para-hydroxylation sites is 1. The fourth-order valence-corrected chi connectivity index (χ4v) is 3.94. The molecule has 0 radical (unpaired) electrons. The van der Waals surface area contributed by atoms with E-state index in [2.05, 4.69) is 21.7 Å². The summed E-state index contributed by atoms with van der Waals surface area (Å²) >= 11 is 1.56. The van der Waals surface area contributed by atoms with E-state index < -0.39 is 0 Å². The first-order valence-corrected chi connectivity index (χ1v) is 8.85. The fourth-order valence-electron chi connectivity index (χ4n) is 3.04. The highest BCUT2D eigenvalue weighted by atomic mass is 32.2. The number of amides is 1. The predicted molar refractivity (Wildman–Crippen MR) is 88.3 cm³/mol. The van der Waals surface area contributed by atoms with Gasteiger partial charge in [-0.3, -0.25) is 4.79 Å². The topological polar surface area (TPSA) is 38.1 Å². The second kappa shape index (κ2) is 5.80.